The number of nitrogens with zero attached hydrogens (tertiary/aromatic N) is 1. The summed E-state index contributed by atoms with van der Waals surface area (Å²) in [4.78, 5) is 13.9. The summed E-state index contributed by atoms with van der Waals surface area (Å²) >= 11 is 0. The van der Waals surface area contributed by atoms with Crippen LogP contribution in [0.4, 0.5) is 0 Å². The summed E-state index contributed by atoms with van der Waals surface area (Å²) in [5.41, 5.74) is 1.39. The predicted octanol–water partition coefficient (Wildman–Crippen LogP) is 3.40. The van der Waals surface area contributed by atoms with E-state index in [0.717, 1.165) is 19.5 Å². The molecule has 0 unspecified atom stereocenters. The Morgan fingerprint density at radius 2 is 2.24 bits per heavy atom. The van der Waals surface area contributed by atoms with Gasteiger partial charge in [-0.2, -0.15) is 0 Å². The van der Waals surface area contributed by atoms with Gasteiger partial charge in [-0.3, -0.25) is 4.79 Å². The molecule has 0 amide bonds. The number of hydrogen-bond acceptors (Lipinski definition) is 2. The van der Waals surface area contributed by atoms with Crippen LogP contribution >= 0.6 is 0 Å². The van der Waals surface area contributed by atoms with E-state index in [-0.39, 0.29) is 11.2 Å². The molecule has 0 fully saturated rings. The molecule has 0 N–H and O–H groups in total. The smallest absolute Gasteiger partial charge is 0.159 e. The molecule has 2 heteroatoms. The van der Waals surface area contributed by atoms with Crippen molar-refractivity contribution in [3.05, 3.63) is 24.4 Å². The molecule has 0 saturated heterocycles. The van der Waals surface area contributed by atoms with Gasteiger partial charge in [0.05, 0.1) is 0 Å². The fourth-order valence-corrected chi connectivity index (χ4v) is 2.20. The Morgan fingerprint density at radius 1 is 1.59 bits per heavy atom. The fraction of sp³-hybridized carbons (Fsp3) is 0.667. The number of carbonyl (C=O) groups is 1. The highest BCUT2D eigenvalue weighted by Crippen LogP contribution is 2.36. The maximum Gasteiger partial charge on any atom is 0.159 e. The first-order valence-electron chi connectivity index (χ1n) is 6.45. The Balaban J connectivity index is 2.81. The van der Waals surface area contributed by atoms with Gasteiger partial charge >= 0.3 is 0 Å². The van der Waals surface area contributed by atoms with E-state index in [9.17, 15) is 4.79 Å². The molecule has 0 aromatic rings. The summed E-state index contributed by atoms with van der Waals surface area (Å²) in [6.07, 6.45) is 5.27. The molecule has 0 aromatic heterocycles. The summed E-state index contributed by atoms with van der Waals surface area (Å²) in [5, 5.41) is 0. The number of hydrogen-bond donors (Lipinski definition) is 0. The van der Waals surface area contributed by atoms with Crippen LogP contribution in [0.15, 0.2) is 24.4 Å². The summed E-state index contributed by atoms with van der Waals surface area (Å²) in [5.74, 6) is 0.777. The normalized spacial score (nSPS) is 19.1. The lowest BCUT2D eigenvalue weighted by Crippen LogP contribution is -2.34. The van der Waals surface area contributed by atoms with E-state index >= 15 is 0 Å². The Bertz CT molecular complexity index is 326. The van der Waals surface area contributed by atoms with E-state index in [2.05, 4.69) is 45.4 Å². The van der Waals surface area contributed by atoms with E-state index in [1.807, 2.05) is 0 Å². The Labute approximate surface area is 105 Å². The second-order valence-corrected chi connectivity index (χ2v) is 6.02. The third-order valence-electron chi connectivity index (χ3n) is 3.42. The lowest BCUT2D eigenvalue weighted by molar-refractivity contribution is -0.114. The van der Waals surface area contributed by atoms with Crippen molar-refractivity contribution in [2.45, 2.75) is 40.5 Å². The SMILES string of the molecule is C=CC(=O)CC1=CN(CC(C)C)CCC1(C)C. The van der Waals surface area contributed by atoms with Crippen LogP contribution in [0.1, 0.15) is 40.5 Å². The van der Waals surface area contributed by atoms with Gasteiger partial charge in [-0.15, -0.1) is 0 Å². The van der Waals surface area contributed by atoms with Gasteiger partial charge in [0.1, 0.15) is 0 Å². The Hall–Kier alpha value is -1.05. The van der Waals surface area contributed by atoms with Gasteiger partial charge in [-0.05, 0) is 35.6 Å². The highest BCUT2D eigenvalue weighted by Gasteiger charge is 2.29. The molecule has 0 radical (unpaired) electrons. The summed E-state index contributed by atoms with van der Waals surface area (Å²) in [6, 6.07) is 0. The molecule has 0 spiro atoms. The first-order chi connectivity index (χ1) is 7.85. The maximum atomic E-state index is 11.5. The number of rotatable bonds is 5. The van der Waals surface area contributed by atoms with Crippen LogP contribution in [0.5, 0.6) is 0 Å². The van der Waals surface area contributed by atoms with Crippen LogP contribution in [0.25, 0.3) is 0 Å². The quantitative estimate of drug-likeness (QED) is 0.681. The second kappa shape index (κ2) is 5.52. The highest BCUT2D eigenvalue weighted by molar-refractivity contribution is 5.91. The molecule has 17 heavy (non-hydrogen) atoms. The van der Waals surface area contributed by atoms with Crippen LogP contribution < -0.4 is 0 Å². The van der Waals surface area contributed by atoms with E-state index in [1.54, 1.807) is 0 Å². The number of carbonyl (C=O) groups excluding carboxylic acids is 1. The van der Waals surface area contributed by atoms with Gasteiger partial charge in [-0.25, -0.2) is 0 Å². The Morgan fingerprint density at radius 3 is 2.76 bits per heavy atom. The van der Waals surface area contributed by atoms with Crippen molar-refractivity contribution in [3.63, 3.8) is 0 Å². The molecule has 0 atom stereocenters. The Kier molecular flexibility index (Phi) is 4.55. The van der Waals surface area contributed by atoms with Gasteiger partial charge in [-0.1, -0.05) is 34.3 Å². The zero-order valence-corrected chi connectivity index (χ0v) is 11.6. The van der Waals surface area contributed by atoms with Crippen molar-refractivity contribution >= 4 is 5.78 Å². The molecule has 1 aliphatic heterocycles. The van der Waals surface area contributed by atoms with Crippen molar-refractivity contribution in [1.82, 2.24) is 4.90 Å². The zero-order valence-electron chi connectivity index (χ0n) is 11.6. The molecule has 1 rings (SSSR count). The highest BCUT2D eigenvalue weighted by atomic mass is 16.1. The zero-order chi connectivity index (χ0) is 13.1. The van der Waals surface area contributed by atoms with E-state index in [1.165, 1.54) is 11.6 Å². The van der Waals surface area contributed by atoms with Crippen LogP contribution in [0, 0.1) is 11.3 Å². The van der Waals surface area contributed by atoms with Crippen LogP contribution in [0.2, 0.25) is 0 Å². The lowest BCUT2D eigenvalue weighted by Gasteiger charge is -2.38. The van der Waals surface area contributed by atoms with Crippen molar-refractivity contribution in [1.29, 1.82) is 0 Å². The van der Waals surface area contributed by atoms with Gasteiger partial charge in [0.2, 0.25) is 0 Å². The van der Waals surface area contributed by atoms with Crippen LogP contribution in [-0.2, 0) is 4.79 Å². The minimum absolute atomic E-state index is 0.121. The standard InChI is InChI=1S/C15H25NO/c1-6-14(17)9-13-11-16(10-12(2)3)8-7-15(13,4)5/h6,11-12H,1,7-10H2,2-5H3. The second-order valence-electron chi connectivity index (χ2n) is 6.02. The van der Waals surface area contributed by atoms with E-state index in [0.29, 0.717) is 12.3 Å². The van der Waals surface area contributed by atoms with E-state index < -0.39 is 0 Å². The number of ketones is 1. The minimum atomic E-state index is 0.121. The van der Waals surface area contributed by atoms with Crippen LogP contribution in [0.3, 0.4) is 0 Å². The molecular weight excluding hydrogens is 210 g/mol. The number of allylic oxidation sites excluding steroid dienone is 2. The summed E-state index contributed by atoms with van der Waals surface area (Å²) in [6.45, 7) is 14.6. The molecule has 96 valence electrons. The third-order valence-corrected chi connectivity index (χ3v) is 3.42. The molecule has 1 aliphatic rings. The molecule has 0 saturated carbocycles. The first-order valence-corrected chi connectivity index (χ1v) is 6.45. The predicted molar refractivity (Wildman–Crippen MR) is 72.7 cm³/mol. The molecule has 0 aromatic carbocycles. The van der Waals surface area contributed by atoms with Crippen LogP contribution in [-0.4, -0.2) is 23.8 Å². The topological polar surface area (TPSA) is 20.3 Å². The van der Waals surface area contributed by atoms with Gasteiger partial charge < -0.3 is 4.90 Å². The monoisotopic (exact) mass is 235 g/mol. The average Bonchev–Trinajstić information content (AvgIpc) is 2.22. The van der Waals surface area contributed by atoms with Crippen molar-refractivity contribution in [2.24, 2.45) is 11.3 Å². The largest absolute Gasteiger partial charge is 0.377 e. The molecule has 0 bridgehead atoms. The third kappa shape index (κ3) is 4.03. The van der Waals surface area contributed by atoms with Crippen molar-refractivity contribution < 1.29 is 4.79 Å². The molecule has 1 heterocycles. The lowest BCUT2D eigenvalue weighted by atomic mass is 9.77. The maximum absolute atomic E-state index is 11.5. The summed E-state index contributed by atoms with van der Waals surface area (Å²) in [7, 11) is 0. The molecule has 0 aliphatic carbocycles. The van der Waals surface area contributed by atoms with Gasteiger partial charge in [0.25, 0.3) is 0 Å². The van der Waals surface area contributed by atoms with Gasteiger partial charge in [0, 0.05) is 19.5 Å². The van der Waals surface area contributed by atoms with E-state index in [4.69, 9.17) is 0 Å². The fourth-order valence-electron chi connectivity index (χ4n) is 2.20. The summed E-state index contributed by atoms with van der Waals surface area (Å²) < 4.78 is 0. The van der Waals surface area contributed by atoms with Crippen molar-refractivity contribution in [2.75, 3.05) is 13.1 Å². The average molecular weight is 235 g/mol. The minimum Gasteiger partial charge on any atom is -0.377 e. The first kappa shape index (κ1) is 14.0. The molecular formula is C15H25NO. The van der Waals surface area contributed by atoms with Gasteiger partial charge in [0.15, 0.2) is 5.78 Å². The molecule has 2 nitrogen and oxygen atoms in total. The van der Waals surface area contributed by atoms with Crippen molar-refractivity contribution in [3.8, 4) is 0 Å².